The van der Waals surface area contributed by atoms with Crippen LogP contribution in [-0.4, -0.2) is 30.3 Å². The van der Waals surface area contributed by atoms with Crippen molar-refractivity contribution < 1.29 is 19.4 Å². The minimum Gasteiger partial charge on any atom is -0.493 e. The lowest BCUT2D eigenvalue weighted by Gasteiger charge is -2.10. The van der Waals surface area contributed by atoms with Crippen molar-refractivity contribution in [3.63, 3.8) is 0 Å². The molecule has 1 heterocycles. The van der Waals surface area contributed by atoms with Crippen LogP contribution in [0.3, 0.4) is 0 Å². The van der Waals surface area contributed by atoms with Gasteiger partial charge in [0.05, 0.1) is 25.5 Å². The number of para-hydroxylation sites is 1. The van der Waals surface area contributed by atoms with Gasteiger partial charge in [-0.2, -0.15) is 0 Å². The summed E-state index contributed by atoms with van der Waals surface area (Å²) in [6.45, 7) is 2.00. The van der Waals surface area contributed by atoms with Crippen LogP contribution in [0.25, 0.3) is 10.6 Å². The number of aromatic carboxylic acids is 1. The highest BCUT2D eigenvalue weighted by molar-refractivity contribution is 7.17. The van der Waals surface area contributed by atoms with Gasteiger partial charge < -0.3 is 14.6 Å². The van der Waals surface area contributed by atoms with E-state index in [4.69, 9.17) is 9.47 Å². The first-order valence-electron chi connectivity index (χ1n) is 6.56. The molecule has 0 atom stereocenters. The molecule has 0 unspecified atom stereocenters. The summed E-state index contributed by atoms with van der Waals surface area (Å²) in [6.07, 6.45) is 1.49. The molecule has 0 aliphatic carbocycles. The van der Waals surface area contributed by atoms with Gasteiger partial charge in [-0.25, -0.2) is 9.78 Å². The molecule has 1 aromatic heterocycles. The van der Waals surface area contributed by atoms with Crippen molar-refractivity contribution in [2.45, 2.75) is 19.8 Å². The van der Waals surface area contributed by atoms with E-state index in [0.29, 0.717) is 28.6 Å². The van der Waals surface area contributed by atoms with Gasteiger partial charge in [0.1, 0.15) is 9.88 Å². The van der Waals surface area contributed by atoms with Gasteiger partial charge in [-0.1, -0.05) is 19.4 Å². The van der Waals surface area contributed by atoms with E-state index >= 15 is 0 Å². The molecule has 0 radical (unpaired) electrons. The van der Waals surface area contributed by atoms with Gasteiger partial charge in [-0.3, -0.25) is 0 Å². The first-order valence-corrected chi connectivity index (χ1v) is 7.38. The van der Waals surface area contributed by atoms with Crippen molar-refractivity contribution in [3.8, 4) is 22.1 Å². The molecule has 0 amide bonds. The molecular formula is C15H17NO4S. The number of rotatable bonds is 6. The highest BCUT2D eigenvalue weighted by atomic mass is 32.1. The van der Waals surface area contributed by atoms with Crippen molar-refractivity contribution >= 4 is 17.3 Å². The first-order chi connectivity index (χ1) is 10.1. The van der Waals surface area contributed by atoms with Gasteiger partial charge in [0.2, 0.25) is 0 Å². The second kappa shape index (κ2) is 6.58. The molecule has 1 aromatic carbocycles. The summed E-state index contributed by atoms with van der Waals surface area (Å²) in [7, 11) is 3.12. The van der Waals surface area contributed by atoms with Gasteiger partial charge in [0, 0.05) is 0 Å². The molecular weight excluding hydrogens is 290 g/mol. The monoisotopic (exact) mass is 307 g/mol. The van der Waals surface area contributed by atoms with Crippen LogP contribution in [0.4, 0.5) is 0 Å². The zero-order valence-corrected chi connectivity index (χ0v) is 13.0. The fourth-order valence-electron chi connectivity index (χ4n) is 2.10. The highest BCUT2D eigenvalue weighted by Gasteiger charge is 2.20. The fourth-order valence-corrected chi connectivity index (χ4v) is 3.07. The van der Waals surface area contributed by atoms with Crippen LogP contribution in [0.1, 0.15) is 28.7 Å². The molecule has 2 rings (SSSR count). The lowest BCUT2D eigenvalue weighted by molar-refractivity contribution is 0.0700. The third-order valence-corrected chi connectivity index (χ3v) is 4.13. The van der Waals surface area contributed by atoms with Crippen molar-refractivity contribution in [1.82, 2.24) is 4.98 Å². The number of hydrogen-bond donors (Lipinski definition) is 1. The smallest absolute Gasteiger partial charge is 0.347 e. The Labute approximate surface area is 127 Å². The third kappa shape index (κ3) is 3.00. The number of ether oxygens (including phenoxy) is 2. The standard InChI is InChI=1S/C15H17NO4S/c1-4-6-10-13(15(17)18)21-14(16-10)9-7-5-8-11(19-2)12(9)20-3/h5,7-8H,4,6H2,1-3H3,(H,17,18). The lowest BCUT2D eigenvalue weighted by atomic mass is 10.2. The number of thiazole rings is 1. The Bertz CT molecular complexity index is 651. The van der Waals surface area contributed by atoms with Crippen molar-refractivity contribution in [3.05, 3.63) is 28.8 Å². The van der Waals surface area contributed by atoms with Gasteiger partial charge >= 0.3 is 5.97 Å². The van der Waals surface area contributed by atoms with E-state index in [0.717, 1.165) is 23.3 Å². The van der Waals surface area contributed by atoms with Gasteiger partial charge in [-0.15, -0.1) is 11.3 Å². The molecule has 21 heavy (non-hydrogen) atoms. The minimum absolute atomic E-state index is 0.289. The molecule has 0 aliphatic heterocycles. The molecule has 5 nitrogen and oxygen atoms in total. The van der Waals surface area contributed by atoms with Gasteiger partial charge in [0.25, 0.3) is 0 Å². The molecule has 6 heteroatoms. The first kappa shape index (κ1) is 15.3. The maximum atomic E-state index is 11.3. The second-order valence-corrected chi connectivity index (χ2v) is 5.39. The number of carbonyl (C=O) groups is 1. The SMILES string of the molecule is CCCc1nc(-c2cccc(OC)c2OC)sc1C(=O)O. The molecule has 2 aromatic rings. The highest BCUT2D eigenvalue weighted by Crippen LogP contribution is 2.40. The average molecular weight is 307 g/mol. The molecule has 0 saturated carbocycles. The summed E-state index contributed by atoms with van der Waals surface area (Å²) < 4.78 is 10.7. The predicted octanol–water partition coefficient (Wildman–Crippen LogP) is 3.48. The van der Waals surface area contributed by atoms with Crippen LogP contribution in [-0.2, 0) is 6.42 Å². The number of carboxylic acids is 1. The zero-order valence-electron chi connectivity index (χ0n) is 12.2. The Balaban J connectivity index is 2.57. The van der Waals surface area contributed by atoms with Crippen LogP contribution >= 0.6 is 11.3 Å². The lowest BCUT2D eigenvalue weighted by Crippen LogP contribution is -1.98. The molecule has 0 saturated heterocycles. The van der Waals surface area contributed by atoms with E-state index in [-0.39, 0.29) is 4.88 Å². The summed E-state index contributed by atoms with van der Waals surface area (Å²) in [6, 6.07) is 5.47. The summed E-state index contributed by atoms with van der Waals surface area (Å²) in [5.41, 5.74) is 1.36. The fraction of sp³-hybridized carbons (Fsp3) is 0.333. The van der Waals surface area contributed by atoms with Crippen molar-refractivity contribution in [2.24, 2.45) is 0 Å². The largest absolute Gasteiger partial charge is 0.493 e. The number of methoxy groups -OCH3 is 2. The van der Waals surface area contributed by atoms with E-state index in [2.05, 4.69) is 4.98 Å². The van der Waals surface area contributed by atoms with Crippen LogP contribution in [0.15, 0.2) is 18.2 Å². The molecule has 0 aliphatic rings. The van der Waals surface area contributed by atoms with E-state index in [1.807, 2.05) is 19.1 Å². The average Bonchev–Trinajstić information content (AvgIpc) is 2.90. The van der Waals surface area contributed by atoms with Crippen molar-refractivity contribution in [1.29, 1.82) is 0 Å². The number of aromatic nitrogens is 1. The second-order valence-electron chi connectivity index (χ2n) is 4.39. The molecule has 0 spiro atoms. The Hall–Kier alpha value is -2.08. The number of nitrogens with zero attached hydrogens (tertiary/aromatic N) is 1. The van der Waals surface area contributed by atoms with E-state index in [1.54, 1.807) is 20.3 Å². The summed E-state index contributed by atoms with van der Waals surface area (Å²) in [5.74, 6) is 0.219. The van der Waals surface area contributed by atoms with Crippen LogP contribution in [0.5, 0.6) is 11.5 Å². The van der Waals surface area contributed by atoms with Crippen LogP contribution in [0, 0.1) is 0 Å². The van der Waals surface area contributed by atoms with E-state index in [1.165, 1.54) is 0 Å². The molecule has 0 fully saturated rings. The molecule has 1 N–H and O–H groups in total. The van der Waals surface area contributed by atoms with Crippen molar-refractivity contribution in [2.75, 3.05) is 14.2 Å². The summed E-state index contributed by atoms with van der Waals surface area (Å²) in [5, 5.41) is 9.93. The predicted molar refractivity (Wildman–Crippen MR) is 81.6 cm³/mol. The summed E-state index contributed by atoms with van der Waals surface area (Å²) >= 11 is 1.16. The van der Waals surface area contributed by atoms with Crippen LogP contribution < -0.4 is 9.47 Å². The topological polar surface area (TPSA) is 68.7 Å². The van der Waals surface area contributed by atoms with Gasteiger partial charge in [-0.05, 0) is 18.6 Å². The molecule has 112 valence electrons. The van der Waals surface area contributed by atoms with Gasteiger partial charge in [0.15, 0.2) is 11.5 Å². The summed E-state index contributed by atoms with van der Waals surface area (Å²) in [4.78, 5) is 16.1. The minimum atomic E-state index is -0.941. The van der Waals surface area contributed by atoms with Crippen LogP contribution in [0.2, 0.25) is 0 Å². The van der Waals surface area contributed by atoms with E-state index in [9.17, 15) is 9.90 Å². The Morgan fingerprint density at radius 3 is 2.67 bits per heavy atom. The number of hydrogen-bond acceptors (Lipinski definition) is 5. The molecule has 0 bridgehead atoms. The number of carboxylic acid groups (broad SMARTS) is 1. The maximum absolute atomic E-state index is 11.3. The Morgan fingerprint density at radius 2 is 2.10 bits per heavy atom. The zero-order chi connectivity index (χ0) is 15.4. The third-order valence-electron chi connectivity index (χ3n) is 3.01. The van der Waals surface area contributed by atoms with E-state index < -0.39 is 5.97 Å². The number of aryl methyl sites for hydroxylation is 1. The normalized spacial score (nSPS) is 10.4. The quantitative estimate of drug-likeness (QED) is 0.885. The Kier molecular flexibility index (Phi) is 4.80. The number of benzene rings is 1. The Morgan fingerprint density at radius 1 is 1.33 bits per heavy atom. The maximum Gasteiger partial charge on any atom is 0.347 e.